The van der Waals surface area contributed by atoms with Crippen molar-refractivity contribution in [2.75, 3.05) is 20.3 Å². The third-order valence-corrected chi connectivity index (χ3v) is 4.29. The molecule has 5 nitrogen and oxygen atoms in total. The first-order valence-electron chi connectivity index (χ1n) is 8.13. The molecule has 0 aliphatic carbocycles. The van der Waals surface area contributed by atoms with Gasteiger partial charge in [0.1, 0.15) is 5.75 Å². The molecule has 0 bridgehead atoms. The zero-order chi connectivity index (χ0) is 16.8. The molecule has 0 radical (unpaired) electrons. The summed E-state index contributed by atoms with van der Waals surface area (Å²) in [5.74, 6) is 1.07. The molecule has 2 atom stereocenters. The summed E-state index contributed by atoms with van der Waals surface area (Å²) in [7, 11) is 1.62. The average molecular weight is 326 g/mol. The fraction of sp³-hybridized carbons (Fsp3) is 0.368. The van der Waals surface area contributed by atoms with Crippen LogP contribution in [0.25, 0.3) is 0 Å². The lowest BCUT2D eigenvalue weighted by Gasteiger charge is -2.19. The van der Waals surface area contributed by atoms with Crippen molar-refractivity contribution in [1.29, 1.82) is 0 Å². The Kier molecular flexibility index (Phi) is 5.43. The second-order valence-electron chi connectivity index (χ2n) is 6.06. The number of rotatable bonds is 6. The van der Waals surface area contributed by atoms with Gasteiger partial charge in [-0.25, -0.2) is 0 Å². The van der Waals surface area contributed by atoms with Crippen LogP contribution in [0.1, 0.15) is 11.1 Å². The maximum atomic E-state index is 12.3. The number of carbonyl (C=O) groups excluding carboxylic acids is 1. The second-order valence-corrected chi connectivity index (χ2v) is 6.06. The highest BCUT2D eigenvalue weighted by Gasteiger charge is 2.29. The summed E-state index contributed by atoms with van der Waals surface area (Å²) in [5.41, 5.74) is 2.16. The van der Waals surface area contributed by atoms with Gasteiger partial charge in [-0.2, -0.15) is 0 Å². The van der Waals surface area contributed by atoms with Crippen LogP contribution in [0.2, 0.25) is 0 Å². The summed E-state index contributed by atoms with van der Waals surface area (Å²) < 4.78 is 10.8. The Hall–Kier alpha value is -2.40. The Morgan fingerprint density at radius 3 is 2.88 bits per heavy atom. The van der Waals surface area contributed by atoms with Gasteiger partial charge >= 0.3 is 0 Å². The van der Waals surface area contributed by atoms with Crippen LogP contribution in [0.15, 0.2) is 48.8 Å². The number of amides is 1. The van der Waals surface area contributed by atoms with Crippen molar-refractivity contribution in [2.24, 2.45) is 5.92 Å². The first-order valence-corrected chi connectivity index (χ1v) is 8.13. The van der Waals surface area contributed by atoms with Crippen LogP contribution in [0.4, 0.5) is 0 Å². The van der Waals surface area contributed by atoms with Gasteiger partial charge in [-0.15, -0.1) is 0 Å². The maximum absolute atomic E-state index is 12.3. The van der Waals surface area contributed by atoms with E-state index in [9.17, 15) is 4.79 Å². The van der Waals surface area contributed by atoms with Gasteiger partial charge in [-0.05, 0) is 41.8 Å². The minimum atomic E-state index is 0.0125. The highest BCUT2D eigenvalue weighted by molar-refractivity contribution is 5.79. The summed E-state index contributed by atoms with van der Waals surface area (Å²) in [6, 6.07) is 11.7. The summed E-state index contributed by atoms with van der Waals surface area (Å²) in [6.45, 7) is 1.24. The van der Waals surface area contributed by atoms with E-state index in [-0.39, 0.29) is 11.9 Å². The van der Waals surface area contributed by atoms with Gasteiger partial charge in [0.15, 0.2) is 0 Å². The molecular weight excluding hydrogens is 304 g/mol. The van der Waals surface area contributed by atoms with Crippen molar-refractivity contribution in [3.8, 4) is 5.75 Å². The molecule has 1 saturated heterocycles. The van der Waals surface area contributed by atoms with Crippen molar-refractivity contribution in [1.82, 2.24) is 10.3 Å². The predicted molar refractivity (Wildman–Crippen MR) is 90.9 cm³/mol. The number of nitrogens with one attached hydrogen (secondary N) is 1. The lowest BCUT2D eigenvalue weighted by atomic mass is 9.95. The Morgan fingerprint density at radius 2 is 2.08 bits per heavy atom. The van der Waals surface area contributed by atoms with Crippen molar-refractivity contribution in [2.45, 2.75) is 18.9 Å². The number of hydrogen-bond acceptors (Lipinski definition) is 4. The molecule has 0 saturated carbocycles. The monoisotopic (exact) mass is 326 g/mol. The average Bonchev–Trinajstić information content (AvgIpc) is 3.02. The lowest BCUT2D eigenvalue weighted by Crippen LogP contribution is -2.41. The molecule has 5 heteroatoms. The van der Waals surface area contributed by atoms with Gasteiger partial charge < -0.3 is 14.8 Å². The molecule has 1 amide bonds. The van der Waals surface area contributed by atoms with Gasteiger partial charge in [0.05, 0.1) is 32.8 Å². The number of pyridine rings is 1. The van der Waals surface area contributed by atoms with Crippen molar-refractivity contribution in [3.05, 3.63) is 59.9 Å². The molecule has 126 valence electrons. The zero-order valence-corrected chi connectivity index (χ0v) is 13.8. The molecule has 0 spiro atoms. The maximum Gasteiger partial charge on any atom is 0.224 e. The van der Waals surface area contributed by atoms with Gasteiger partial charge in [0.25, 0.3) is 0 Å². The second kappa shape index (κ2) is 7.93. The van der Waals surface area contributed by atoms with Crippen molar-refractivity contribution in [3.63, 3.8) is 0 Å². The number of nitrogens with zero attached hydrogens (tertiary/aromatic N) is 1. The summed E-state index contributed by atoms with van der Waals surface area (Å²) in [4.78, 5) is 16.4. The highest BCUT2D eigenvalue weighted by Crippen LogP contribution is 2.19. The Morgan fingerprint density at radius 1 is 1.25 bits per heavy atom. The minimum absolute atomic E-state index is 0.0125. The van der Waals surface area contributed by atoms with E-state index in [1.807, 2.05) is 36.4 Å². The van der Waals surface area contributed by atoms with Crippen LogP contribution in [-0.4, -0.2) is 37.3 Å². The van der Waals surface area contributed by atoms with E-state index in [1.165, 1.54) is 5.56 Å². The summed E-state index contributed by atoms with van der Waals surface area (Å²) in [5, 5.41) is 3.11. The molecule has 1 fully saturated rings. The first kappa shape index (κ1) is 16.5. The molecular formula is C19H22N2O3. The predicted octanol–water partition coefficient (Wildman–Crippen LogP) is 2.01. The molecule has 1 aliphatic rings. The van der Waals surface area contributed by atoms with Crippen LogP contribution in [-0.2, 0) is 22.4 Å². The van der Waals surface area contributed by atoms with Crippen molar-refractivity contribution >= 4 is 5.91 Å². The largest absolute Gasteiger partial charge is 0.497 e. The van der Waals surface area contributed by atoms with Crippen LogP contribution < -0.4 is 10.1 Å². The molecule has 1 N–H and O–H groups in total. The molecule has 1 aromatic heterocycles. The minimum Gasteiger partial charge on any atom is -0.497 e. The van der Waals surface area contributed by atoms with Gasteiger partial charge in [0, 0.05) is 18.3 Å². The van der Waals surface area contributed by atoms with Crippen LogP contribution >= 0.6 is 0 Å². The fourth-order valence-corrected chi connectivity index (χ4v) is 3.01. The summed E-state index contributed by atoms with van der Waals surface area (Å²) >= 11 is 0. The third-order valence-electron chi connectivity index (χ3n) is 4.29. The summed E-state index contributed by atoms with van der Waals surface area (Å²) in [6.07, 6.45) is 4.81. The first-order chi connectivity index (χ1) is 11.7. The Balaban J connectivity index is 1.56. The molecule has 1 aromatic carbocycles. The fourth-order valence-electron chi connectivity index (χ4n) is 3.01. The standard InChI is InChI=1S/C19H22N2O3/c1-23-17-4-2-3-15(10-17)11-19(22)21-18-13-24-12-16(18)9-14-5-7-20-8-6-14/h2-8,10,16,18H,9,11-13H2,1H3,(H,21,22)/t16-,18-/m1/s1. The highest BCUT2D eigenvalue weighted by atomic mass is 16.5. The number of ether oxygens (including phenoxy) is 2. The van der Waals surface area contributed by atoms with Crippen molar-refractivity contribution < 1.29 is 14.3 Å². The van der Waals surface area contributed by atoms with E-state index in [0.717, 1.165) is 17.7 Å². The Bertz CT molecular complexity index is 675. The molecule has 1 aliphatic heterocycles. The van der Waals surface area contributed by atoms with Gasteiger partial charge in [-0.1, -0.05) is 12.1 Å². The van der Waals surface area contributed by atoms with Crippen LogP contribution in [0, 0.1) is 5.92 Å². The Labute approximate surface area is 142 Å². The number of hydrogen-bond donors (Lipinski definition) is 1. The number of benzene rings is 1. The molecule has 2 heterocycles. The molecule has 24 heavy (non-hydrogen) atoms. The van der Waals surface area contributed by atoms with E-state index in [4.69, 9.17) is 9.47 Å². The van der Waals surface area contributed by atoms with Gasteiger partial charge in [0.2, 0.25) is 5.91 Å². The SMILES string of the molecule is COc1cccc(CC(=O)N[C@@H]2COC[C@H]2Cc2ccncc2)c1. The van der Waals surface area contributed by atoms with E-state index >= 15 is 0 Å². The number of carbonyl (C=O) groups is 1. The number of aromatic nitrogens is 1. The zero-order valence-electron chi connectivity index (χ0n) is 13.8. The topological polar surface area (TPSA) is 60.5 Å². The normalized spacial score (nSPS) is 19.9. The number of methoxy groups -OCH3 is 1. The third kappa shape index (κ3) is 4.32. The lowest BCUT2D eigenvalue weighted by molar-refractivity contribution is -0.121. The van der Waals surface area contributed by atoms with E-state index in [2.05, 4.69) is 10.3 Å². The van der Waals surface area contributed by atoms with Crippen LogP contribution in [0.3, 0.4) is 0 Å². The van der Waals surface area contributed by atoms with Gasteiger partial charge in [-0.3, -0.25) is 9.78 Å². The van der Waals surface area contributed by atoms with E-state index < -0.39 is 0 Å². The molecule has 2 aromatic rings. The van der Waals surface area contributed by atoms with E-state index in [0.29, 0.717) is 25.6 Å². The smallest absolute Gasteiger partial charge is 0.224 e. The quantitative estimate of drug-likeness (QED) is 0.882. The van der Waals surface area contributed by atoms with Crippen LogP contribution in [0.5, 0.6) is 5.75 Å². The molecule has 0 unspecified atom stereocenters. The van der Waals surface area contributed by atoms with E-state index in [1.54, 1.807) is 19.5 Å². The molecule has 3 rings (SSSR count).